The maximum absolute atomic E-state index is 3.69. The molecule has 1 unspecified atom stereocenters. The summed E-state index contributed by atoms with van der Waals surface area (Å²) in [5, 5.41) is 5.91. The summed E-state index contributed by atoms with van der Waals surface area (Å²) in [5.41, 5.74) is 2.78. The van der Waals surface area contributed by atoms with E-state index in [1.165, 1.54) is 34.1 Å². The molecule has 0 bridgehead atoms. The Morgan fingerprint density at radius 2 is 2.12 bits per heavy atom. The number of para-hydroxylation sites is 1. The number of benzene rings is 1. The Hall–Kier alpha value is -0.550. The van der Waals surface area contributed by atoms with Gasteiger partial charge in [0.05, 0.1) is 6.04 Å². The van der Waals surface area contributed by atoms with E-state index in [-0.39, 0.29) is 0 Å². The maximum Gasteiger partial charge on any atom is 0.0525 e. The zero-order valence-electron chi connectivity index (χ0n) is 9.45. The lowest BCUT2D eigenvalue weighted by atomic mass is 9.94. The van der Waals surface area contributed by atoms with Crippen LogP contribution in [0, 0.1) is 3.57 Å². The average Bonchev–Trinajstić information content (AvgIpc) is 2.81. The number of aryl methyl sites for hydroxylation is 1. The number of fused-ring (bicyclic) bond motifs is 1. The Morgan fingerprint density at radius 1 is 1.24 bits per heavy atom. The summed E-state index contributed by atoms with van der Waals surface area (Å²) in [4.78, 5) is 1.57. The minimum atomic E-state index is 0.501. The van der Waals surface area contributed by atoms with E-state index in [2.05, 4.69) is 63.6 Å². The van der Waals surface area contributed by atoms with E-state index in [9.17, 15) is 0 Å². The van der Waals surface area contributed by atoms with Crippen LogP contribution in [0.25, 0.3) is 0 Å². The van der Waals surface area contributed by atoms with Crippen LogP contribution in [0.15, 0.2) is 35.7 Å². The quantitative estimate of drug-likeness (QED) is 0.760. The van der Waals surface area contributed by atoms with Crippen LogP contribution in [0.1, 0.15) is 29.3 Å². The van der Waals surface area contributed by atoms with Gasteiger partial charge in [0.2, 0.25) is 0 Å². The van der Waals surface area contributed by atoms with E-state index >= 15 is 0 Å². The molecule has 2 aromatic rings. The molecule has 0 aliphatic heterocycles. The first-order valence-electron chi connectivity index (χ1n) is 5.92. The second-order valence-corrected chi connectivity index (χ2v) is 6.53. The minimum absolute atomic E-state index is 0.501. The molecule has 0 spiro atoms. The van der Waals surface area contributed by atoms with Gasteiger partial charge in [-0.05, 0) is 71.0 Å². The number of nitrogens with one attached hydrogen (secondary N) is 1. The molecule has 1 heterocycles. The van der Waals surface area contributed by atoms with Gasteiger partial charge in [0.25, 0.3) is 0 Å². The second kappa shape index (κ2) is 4.98. The standard InChI is InChI=1S/C14H14INS/c15-11-4-1-2-5-13(11)16-12-6-3-7-14-10(12)8-9-17-14/h1-2,4-5,8-9,12,16H,3,6-7H2. The number of hydrogen-bond donors (Lipinski definition) is 1. The molecule has 0 amide bonds. The van der Waals surface area contributed by atoms with Gasteiger partial charge in [0.15, 0.2) is 0 Å². The molecule has 1 atom stereocenters. The highest BCUT2D eigenvalue weighted by Gasteiger charge is 2.21. The van der Waals surface area contributed by atoms with Crippen LogP contribution in [-0.2, 0) is 6.42 Å². The molecule has 1 aliphatic carbocycles. The van der Waals surface area contributed by atoms with Crippen molar-refractivity contribution in [1.29, 1.82) is 0 Å². The number of halogens is 1. The van der Waals surface area contributed by atoms with Gasteiger partial charge in [-0.3, -0.25) is 0 Å². The van der Waals surface area contributed by atoms with E-state index in [0.29, 0.717) is 6.04 Å². The van der Waals surface area contributed by atoms with Crippen LogP contribution in [0.4, 0.5) is 5.69 Å². The lowest BCUT2D eigenvalue weighted by Gasteiger charge is -2.25. The summed E-state index contributed by atoms with van der Waals surface area (Å²) in [5.74, 6) is 0. The monoisotopic (exact) mass is 355 g/mol. The van der Waals surface area contributed by atoms with Crippen molar-refractivity contribution < 1.29 is 0 Å². The summed E-state index contributed by atoms with van der Waals surface area (Å²) in [6.45, 7) is 0. The third-order valence-corrected chi connectivity index (χ3v) is 5.19. The van der Waals surface area contributed by atoms with E-state index in [0.717, 1.165) is 0 Å². The smallest absolute Gasteiger partial charge is 0.0525 e. The Balaban J connectivity index is 1.86. The lowest BCUT2D eigenvalue weighted by Crippen LogP contribution is -2.16. The molecule has 1 aromatic heterocycles. The van der Waals surface area contributed by atoms with Crippen molar-refractivity contribution in [2.75, 3.05) is 5.32 Å². The predicted molar refractivity (Wildman–Crippen MR) is 82.8 cm³/mol. The number of thiophene rings is 1. The van der Waals surface area contributed by atoms with E-state index in [1.54, 1.807) is 4.88 Å². The first-order chi connectivity index (χ1) is 8.34. The van der Waals surface area contributed by atoms with Gasteiger partial charge in [-0.2, -0.15) is 0 Å². The van der Waals surface area contributed by atoms with Crippen LogP contribution < -0.4 is 5.32 Å². The third kappa shape index (κ3) is 2.36. The van der Waals surface area contributed by atoms with Gasteiger partial charge in [-0.25, -0.2) is 0 Å². The van der Waals surface area contributed by atoms with Crippen molar-refractivity contribution in [1.82, 2.24) is 0 Å². The average molecular weight is 355 g/mol. The molecule has 1 N–H and O–H groups in total. The molecule has 88 valence electrons. The third-order valence-electron chi connectivity index (χ3n) is 3.26. The Morgan fingerprint density at radius 3 is 3.00 bits per heavy atom. The van der Waals surface area contributed by atoms with Crippen molar-refractivity contribution in [2.24, 2.45) is 0 Å². The number of hydrogen-bond acceptors (Lipinski definition) is 2. The molecule has 0 saturated heterocycles. The fourth-order valence-electron chi connectivity index (χ4n) is 2.40. The molecule has 1 aromatic carbocycles. The van der Waals surface area contributed by atoms with Crippen molar-refractivity contribution in [2.45, 2.75) is 25.3 Å². The Bertz CT molecular complexity index is 520. The highest BCUT2D eigenvalue weighted by atomic mass is 127. The molecule has 3 heteroatoms. The van der Waals surface area contributed by atoms with Gasteiger partial charge < -0.3 is 5.32 Å². The van der Waals surface area contributed by atoms with Crippen molar-refractivity contribution in [3.05, 3.63) is 49.7 Å². The fraction of sp³-hybridized carbons (Fsp3) is 0.286. The zero-order chi connectivity index (χ0) is 11.7. The summed E-state index contributed by atoms with van der Waals surface area (Å²) in [6, 6.07) is 11.3. The van der Waals surface area contributed by atoms with E-state index in [1.807, 2.05) is 11.3 Å². The highest BCUT2D eigenvalue weighted by molar-refractivity contribution is 14.1. The highest BCUT2D eigenvalue weighted by Crippen LogP contribution is 2.36. The van der Waals surface area contributed by atoms with E-state index in [4.69, 9.17) is 0 Å². The molecular weight excluding hydrogens is 341 g/mol. The topological polar surface area (TPSA) is 12.0 Å². The fourth-order valence-corrected chi connectivity index (χ4v) is 3.93. The molecule has 1 aliphatic rings. The number of anilines is 1. The SMILES string of the molecule is Ic1ccccc1NC1CCCc2sccc21. The molecule has 0 radical (unpaired) electrons. The minimum Gasteiger partial charge on any atom is -0.377 e. The van der Waals surface area contributed by atoms with Crippen LogP contribution in [0.5, 0.6) is 0 Å². The summed E-state index contributed by atoms with van der Waals surface area (Å²) in [7, 11) is 0. The molecule has 1 nitrogen and oxygen atoms in total. The normalized spacial score (nSPS) is 18.8. The van der Waals surface area contributed by atoms with Crippen LogP contribution in [-0.4, -0.2) is 0 Å². The summed E-state index contributed by atoms with van der Waals surface area (Å²) in [6.07, 6.45) is 3.81. The van der Waals surface area contributed by atoms with Crippen LogP contribution >= 0.6 is 33.9 Å². The van der Waals surface area contributed by atoms with Crippen molar-refractivity contribution >= 4 is 39.6 Å². The van der Waals surface area contributed by atoms with Crippen molar-refractivity contribution in [3.8, 4) is 0 Å². The molecule has 0 saturated carbocycles. The Labute approximate surface area is 119 Å². The van der Waals surface area contributed by atoms with Gasteiger partial charge >= 0.3 is 0 Å². The molecule has 17 heavy (non-hydrogen) atoms. The zero-order valence-corrected chi connectivity index (χ0v) is 12.4. The summed E-state index contributed by atoms with van der Waals surface area (Å²) >= 11 is 4.30. The summed E-state index contributed by atoms with van der Waals surface area (Å²) < 4.78 is 1.30. The first-order valence-corrected chi connectivity index (χ1v) is 7.88. The van der Waals surface area contributed by atoms with Crippen molar-refractivity contribution in [3.63, 3.8) is 0 Å². The first kappa shape index (κ1) is 11.5. The maximum atomic E-state index is 3.69. The molecule has 0 fully saturated rings. The largest absolute Gasteiger partial charge is 0.377 e. The lowest BCUT2D eigenvalue weighted by molar-refractivity contribution is 0.608. The van der Waals surface area contributed by atoms with Gasteiger partial charge in [-0.15, -0.1) is 11.3 Å². The molecular formula is C14H14INS. The number of rotatable bonds is 2. The van der Waals surface area contributed by atoms with Crippen LogP contribution in [0.3, 0.4) is 0 Å². The predicted octanol–water partition coefficient (Wildman–Crippen LogP) is 4.84. The van der Waals surface area contributed by atoms with Gasteiger partial charge in [0.1, 0.15) is 0 Å². The van der Waals surface area contributed by atoms with E-state index < -0.39 is 0 Å². The van der Waals surface area contributed by atoms with Gasteiger partial charge in [-0.1, -0.05) is 12.1 Å². The van der Waals surface area contributed by atoms with Gasteiger partial charge in [0, 0.05) is 14.1 Å². The Kier molecular flexibility index (Phi) is 3.38. The second-order valence-electron chi connectivity index (χ2n) is 4.37. The van der Waals surface area contributed by atoms with Crippen LogP contribution in [0.2, 0.25) is 0 Å². The molecule has 3 rings (SSSR count).